The molecule has 1 aliphatic rings. The van der Waals surface area contributed by atoms with Crippen molar-refractivity contribution in [2.24, 2.45) is 0 Å². The topological polar surface area (TPSA) is 96.7 Å². The molecule has 1 N–H and O–H groups in total. The first-order chi connectivity index (χ1) is 16.2. The third-order valence-electron chi connectivity index (χ3n) is 5.32. The summed E-state index contributed by atoms with van der Waals surface area (Å²) in [5, 5.41) is 2.25. The smallest absolute Gasteiger partial charge is 0.294 e. The van der Waals surface area contributed by atoms with Crippen LogP contribution in [0.1, 0.15) is 34.2 Å². The monoisotopic (exact) mass is 474 g/mol. The Hall–Kier alpha value is -3.91. The molecule has 4 rings (SSSR count). The molecule has 8 heteroatoms. The van der Waals surface area contributed by atoms with E-state index in [9.17, 15) is 19.2 Å². The maximum atomic E-state index is 12.8. The molecule has 7 nitrogen and oxygen atoms in total. The molecule has 0 bridgehead atoms. The van der Waals surface area contributed by atoms with Gasteiger partial charge in [0.15, 0.2) is 5.78 Å². The Morgan fingerprint density at radius 3 is 2.47 bits per heavy atom. The minimum Gasteiger partial charge on any atom is -0.457 e. The number of furan rings is 1. The van der Waals surface area contributed by atoms with Crippen molar-refractivity contribution in [3.63, 3.8) is 0 Å². The summed E-state index contributed by atoms with van der Waals surface area (Å²) in [6.07, 6.45) is 1.49. The molecular weight excluding hydrogens is 452 g/mol. The number of hydrogen-bond donors (Lipinski definition) is 1. The predicted molar refractivity (Wildman–Crippen MR) is 131 cm³/mol. The van der Waals surface area contributed by atoms with Gasteiger partial charge in [0.1, 0.15) is 18.1 Å². The second-order valence-electron chi connectivity index (χ2n) is 7.97. The van der Waals surface area contributed by atoms with Crippen molar-refractivity contribution in [2.75, 3.05) is 11.9 Å². The van der Waals surface area contributed by atoms with Gasteiger partial charge in [0, 0.05) is 22.9 Å². The number of rotatable bonds is 6. The van der Waals surface area contributed by atoms with E-state index in [4.69, 9.17) is 4.42 Å². The summed E-state index contributed by atoms with van der Waals surface area (Å²) >= 11 is 0.762. The molecule has 0 saturated carbocycles. The van der Waals surface area contributed by atoms with Gasteiger partial charge in [-0.25, -0.2) is 0 Å². The van der Waals surface area contributed by atoms with Gasteiger partial charge < -0.3 is 9.73 Å². The lowest BCUT2D eigenvalue weighted by Gasteiger charge is -2.14. The normalized spacial score (nSPS) is 14.7. The number of ketones is 1. The van der Waals surface area contributed by atoms with Crippen LogP contribution < -0.4 is 5.32 Å². The molecule has 0 atom stereocenters. The van der Waals surface area contributed by atoms with Gasteiger partial charge in [-0.3, -0.25) is 24.1 Å². The maximum absolute atomic E-state index is 12.8. The van der Waals surface area contributed by atoms with Gasteiger partial charge in [-0.05, 0) is 61.9 Å². The number of anilines is 1. The van der Waals surface area contributed by atoms with Crippen LogP contribution in [0.5, 0.6) is 0 Å². The average Bonchev–Trinajstić information content (AvgIpc) is 3.37. The first-order valence-electron chi connectivity index (χ1n) is 10.5. The number of Topliss-reactive ketones (excluding diaryl/α,β-unsaturated/α-hetero) is 1. The highest BCUT2D eigenvalue weighted by Crippen LogP contribution is 2.33. The zero-order valence-corrected chi connectivity index (χ0v) is 19.7. The van der Waals surface area contributed by atoms with Crippen LogP contribution in [0.15, 0.2) is 63.9 Å². The van der Waals surface area contributed by atoms with Crippen LogP contribution in [-0.4, -0.2) is 34.3 Å². The summed E-state index contributed by atoms with van der Waals surface area (Å²) in [6, 6.07) is 16.1. The fourth-order valence-corrected chi connectivity index (χ4v) is 4.24. The Morgan fingerprint density at radius 2 is 1.76 bits per heavy atom. The first-order valence-corrected chi connectivity index (χ1v) is 11.4. The summed E-state index contributed by atoms with van der Waals surface area (Å²) in [7, 11) is 0. The van der Waals surface area contributed by atoms with E-state index in [1.54, 1.807) is 36.4 Å². The highest BCUT2D eigenvalue weighted by atomic mass is 32.2. The Kier molecular flexibility index (Phi) is 6.51. The fourth-order valence-electron chi connectivity index (χ4n) is 3.42. The third kappa shape index (κ3) is 5.02. The molecule has 1 aromatic heterocycles. The first kappa shape index (κ1) is 23.3. The number of carbonyl (C=O) groups is 4. The number of nitrogens with zero attached hydrogens (tertiary/aromatic N) is 1. The standard InChI is InChI=1S/C26H22N2O5S/c1-15-4-5-16(2)21(12-15)27-24(30)14-28-25(31)23(34-26(28)32)13-20-10-11-22(33-20)19-8-6-18(7-9-19)17(3)29/h4-13H,14H2,1-3H3,(H,27,30)/b23-13+. The molecule has 1 fully saturated rings. The lowest BCUT2D eigenvalue weighted by Crippen LogP contribution is -2.36. The molecule has 34 heavy (non-hydrogen) atoms. The molecule has 2 aromatic carbocycles. The van der Waals surface area contributed by atoms with E-state index in [2.05, 4.69) is 5.32 Å². The molecular formula is C26H22N2O5S. The van der Waals surface area contributed by atoms with E-state index in [1.165, 1.54) is 13.0 Å². The van der Waals surface area contributed by atoms with Gasteiger partial charge in [0.05, 0.1) is 4.91 Å². The van der Waals surface area contributed by atoms with Crippen molar-refractivity contribution in [1.82, 2.24) is 4.90 Å². The quantitative estimate of drug-likeness (QED) is 0.377. The Balaban J connectivity index is 1.45. The van der Waals surface area contributed by atoms with Gasteiger partial charge in [-0.1, -0.05) is 36.4 Å². The number of amides is 3. The van der Waals surface area contributed by atoms with Crippen molar-refractivity contribution in [1.29, 1.82) is 0 Å². The van der Waals surface area contributed by atoms with E-state index in [-0.39, 0.29) is 17.2 Å². The number of hydrogen-bond acceptors (Lipinski definition) is 6. The van der Waals surface area contributed by atoms with Crippen LogP contribution >= 0.6 is 11.8 Å². The number of imide groups is 1. The number of thioether (sulfide) groups is 1. The number of aryl methyl sites for hydroxylation is 2. The molecule has 0 radical (unpaired) electrons. The predicted octanol–water partition coefficient (Wildman–Crippen LogP) is 5.44. The molecule has 0 spiro atoms. The zero-order chi connectivity index (χ0) is 24.4. The minimum atomic E-state index is -0.546. The summed E-state index contributed by atoms with van der Waals surface area (Å²) in [5.41, 5.74) is 3.90. The molecule has 0 unspecified atom stereocenters. The summed E-state index contributed by atoms with van der Waals surface area (Å²) < 4.78 is 5.80. The van der Waals surface area contributed by atoms with Crippen molar-refractivity contribution in [3.8, 4) is 11.3 Å². The summed E-state index contributed by atoms with van der Waals surface area (Å²) in [5.74, 6) is -0.0593. The second kappa shape index (κ2) is 9.52. The zero-order valence-electron chi connectivity index (χ0n) is 18.9. The Labute approximate surface area is 200 Å². The van der Waals surface area contributed by atoms with E-state index >= 15 is 0 Å². The summed E-state index contributed by atoms with van der Waals surface area (Å²) in [4.78, 5) is 50.2. The van der Waals surface area contributed by atoms with Gasteiger partial charge in [0.25, 0.3) is 11.1 Å². The van der Waals surface area contributed by atoms with E-state index < -0.39 is 17.1 Å². The average molecular weight is 475 g/mol. The van der Waals surface area contributed by atoms with Crippen LogP contribution in [0, 0.1) is 13.8 Å². The minimum absolute atomic E-state index is 0.0230. The van der Waals surface area contributed by atoms with Crippen LogP contribution in [0.4, 0.5) is 10.5 Å². The molecule has 1 saturated heterocycles. The van der Waals surface area contributed by atoms with Crippen LogP contribution in [-0.2, 0) is 9.59 Å². The van der Waals surface area contributed by atoms with Crippen molar-refractivity contribution < 1.29 is 23.6 Å². The van der Waals surface area contributed by atoms with Crippen molar-refractivity contribution in [3.05, 3.63) is 82.0 Å². The van der Waals surface area contributed by atoms with E-state index in [1.807, 2.05) is 32.0 Å². The number of carbonyl (C=O) groups excluding carboxylic acids is 4. The molecule has 3 aromatic rings. The van der Waals surface area contributed by atoms with Crippen LogP contribution in [0.3, 0.4) is 0 Å². The SMILES string of the molecule is CC(=O)c1ccc(-c2ccc(/C=C3/SC(=O)N(CC(=O)Nc4cc(C)ccc4C)C3=O)o2)cc1. The molecule has 0 aliphatic carbocycles. The lowest BCUT2D eigenvalue weighted by atomic mass is 10.1. The van der Waals surface area contributed by atoms with E-state index in [0.29, 0.717) is 22.8 Å². The summed E-state index contributed by atoms with van der Waals surface area (Å²) in [6.45, 7) is 4.91. The van der Waals surface area contributed by atoms with E-state index in [0.717, 1.165) is 33.4 Å². The van der Waals surface area contributed by atoms with Crippen LogP contribution in [0.25, 0.3) is 17.4 Å². The van der Waals surface area contributed by atoms with Gasteiger partial charge >= 0.3 is 0 Å². The van der Waals surface area contributed by atoms with Crippen molar-refractivity contribution >= 4 is 46.4 Å². The molecule has 1 aliphatic heterocycles. The largest absolute Gasteiger partial charge is 0.457 e. The number of nitrogens with one attached hydrogen (secondary N) is 1. The Morgan fingerprint density at radius 1 is 1.03 bits per heavy atom. The van der Waals surface area contributed by atoms with Gasteiger partial charge in [-0.2, -0.15) is 0 Å². The van der Waals surface area contributed by atoms with Crippen molar-refractivity contribution in [2.45, 2.75) is 20.8 Å². The van der Waals surface area contributed by atoms with Gasteiger partial charge in [-0.15, -0.1) is 0 Å². The van der Waals surface area contributed by atoms with Gasteiger partial charge in [0.2, 0.25) is 5.91 Å². The number of benzene rings is 2. The second-order valence-corrected chi connectivity index (χ2v) is 8.96. The lowest BCUT2D eigenvalue weighted by molar-refractivity contribution is -0.127. The third-order valence-corrected chi connectivity index (χ3v) is 6.23. The molecule has 3 amide bonds. The highest BCUT2D eigenvalue weighted by molar-refractivity contribution is 8.18. The molecule has 2 heterocycles. The van der Waals surface area contributed by atoms with Crippen LogP contribution in [0.2, 0.25) is 0 Å². The maximum Gasteiger partial charge on any atom is 0.294 e. The molecule has 172 valence electrons. The Bertz CT molecular complexity index is 1340. The fraction of sp³-hybridized carbons (Fsp3) is 0.154. The highest BCUT2D eigenvalue weighted by Gasteiger charge is 2.36.